The molecule has 29 heavy (non-hydrogen) atoms. The van der Waals surface area contributed by atoms with Crippen LogP contribution in [0.5, 0.6) is 0 Å². The normalized spacial score (nSPS) is 16.2. The first-order valence-corrected chi connectivity index (χ1v) is 9.71. The molecule has 2 aromatic carbocycles. The first-order valence-electron chi connectivity index (χ1n) is 9.33. The summed E-state index contributed by atoms with van der Waals surface area (Å²) < 4.78 is 0. The van der Waals surface area contributed by atoms with Crippen molar-refractivity contribution >= 4 is 35.1 Å². The van der Waals surface area contributed by atoms with E-state index in [0.717, 1.165) is 5.56 Å². The predicted octanol–water partition coefficient (Wildman–Crippen LogP) is 2.40. The van der Waals surface area contributed by atoms with E-state index >= 15 is 0 Å². The van der Waals surface area contributed by atoms with Gasteiger partial charge in [-0.2, -0.15) is 0 Å². The highest BCUT2D eigenvalue weighted by molar-refractivity contribution is 6.33. The minimum atomic E-state index is -0.567. The Balaban J connectivity index is 1.49. The molecule has 1 unspecified atom stereocenters. The number of para-hydroxylation sites is 1. The predicted molar refractivity (Wildman–Crippen MR) is 112 cm³/mol. The van der Waals surface area contributed by atoms with Gasteiger partial charge < -0.3 is 10.2 Å². The van der Waals surface area contributed by atoms with Crippen molar-refractivity contribution in [3.8, 4) is 0 Å². The second-order valence-electron chi connectivity index (χ2n) is 6.88. The lowest BCUT2D eigenvalue weighted by Gasteiger charge is -2.23. The van der Waals surface area contributed by atoms with Crippen LogP contribution in [0.25, 0.3) is 0 Å². The Kier molecular flexibility index (Phi) is 6.85. The molecule has 0 aromatic heterocycles. The van der Waals surface area contributed by atoms with Gasteiger partial charge in [0.25, 0.3) is 0 Å². The van der Waals surface area contributed by atoms with Crippen LogP contribution in [0.4, 0.5) is 10.5 Å². The van der Waals surface area contributed by atoms with Crippen LogP contribution in [-0.4, -0.2) is 48.9 Å². The van der Waals surface area contributed by atoms with E-state index in [1.807, 2.05) is 42.5 Å². The molecule has 2 N–H and O–H groups in total. The molecule has 0 saturated carbocycles. The van der Waals surface area contributed by atoms with Crippen molar-refractivity contribution in [3.63, 3.8) is 0 Å². The third-order valence-electron chi connectivity index (χ3n) is 4.79. The molecule has 2 aromatic rings. The first-order chi connectivity index (χ1) is 14.0. The number of nitrogens with zero attached hydrogens (tertiary/aromatic N) is 2. The Morgan fingerprint density at radius 2 is 1.83 bits per heavy atom. The Bertz CT molecular complexity index is 891. The van der Waals surface area contributed by atoms with Gasteiger partial charge >= 0.3 is 6.03 Å². The molecule has 1 aliphatic rings. The number of urea groups is 1. The summed E-state index contributed by atoms with van der Waals surface area (Å²) >= 11 is 6.20. The van der Waals surface area contributed by atoms with Crippen LogP contribution < -0.4 is 15.5 Å². The van der Waals surface area contributed by atoms with Crippen LogP contribution in [0, 0.1) is 0 Å². The molecule has 3 rings (SSSR count). The molecule has 1 heterocycles. The highest BCUT2D eigenvalue weighted by Crippen LogP contribution is 2.30. The summed E-state index contributed by atoms with van der Waals surface area (Å²) in [7, 11) is 1.69. The zero-order valence-corrected chi connectivity index (χ0v) is 16.9. The van der Waals surface area contributed by atoms with Gasteiger partial charge in [0.2, 0.25) is 11.8 Å². The molecule has 8 heteroatoms. The van der Waals surface area contributed by atoms with Gasteiger partial charge in [-0.25, -0.2) is 4.79 Å². The summed E-state index contributed by atoms with van der Waals surface area (Å²) in [5.74, 6) is -0.580. The van der Waals surface area contributed by atoms with Crippen LogP contribution in [0.3, 0.4) is 0 Å². The number of hydrogen-bond acceptors (Lipinski definition) is 4. The van der Waals surface area contributed by atoms with Crippen LogP contribution in [0.15, 0.2) is 54.6 Å². The quantitative estimate of drug-likeness (QED) is 0.760. The number of halogens is 1. The van der Waals surface area contributed by atoms with Crippen LogP contribution in [0.1, 0.15) is 12.0 Å². The molecule has 0 aliphatic carbocycles. The van der Waals surface area contributed by atoms with E-state index in [1.54, 1.807) is 29.0 Å². The smallest absolute Gasteiger partial charge is 0.321 e. The van der Waals surface area contributed by atoms with Crippen LogP contribution >= 0.6 is 11.6 Å². The zero-order valence-electron chi connectivity index (χ0n) is 16.1. The highest BCUT2D eigenvalue weighted by atomic mass is 35.5. The number of nitrogens with one attached hydrogen (secondary N) is 2. The summed E-state index contributed by atoms with van der Waals surface area (Å²) in [5.41, 5.74) is 1.60. The number of carbonyl (C=O) groups excluding carboxylic acids is 3. The molecule has 4 amide bonds. The van der Waals surface area contributed by atoms with E-state index in [9.17, 15) is 14.4 Å². The number of amides is 4. The van der Waals surface area contributed by atoms with Gasteiger partial charge in [0.1, 0.15) is 0 Å². The van der Waals surface area contributed by atoms with E-state index in [-0.39, 0.29) is 12.5 Å². The molecule has 1 aliphatic heterocycles. The zero-order chi connectivity index (χ0) is 20.8. The summed E-state index contributed by atoms with van der Waals surface area (Å²) in [6.07, 6.45) is 0.577. The monoisotopic (exact) mass is 414 g/mol. The standard InChI is InChI=1S/C21H23ClN4O3/c1-25(14-19(27)24-21(29)23-13-15-7-3-2-4-8-15)18-11-12-26(20(18)28)17-10-6-5-9-16(17)22/h2-10,18H,11-14H2,1H3,(H2,23,24,27,29). The molecule has 152 valence electrons. The van der Waals surface area contributed by atoms with E-state index in [4.69, 9.17) is 11.6 Å². The summed E-state index contributed by atoms with van der Waals surface area (Å²) in [6.45, 7) is 0.784. The molecule has 0 bridgehead atoms. The van der Waals surface area contributed by atoms with Gasteiger partial charge in [-0.1, -0.05) is 54.1 Å². The third kappa shape index (κ3) is 5.34. The summed E-state index contributed by atoms with van der Waals surface area (Å²) in [6, 6.07) is 15.6. The van der Waals surface area contributed by atoms with Crippen molar-refractivity contribution in [3.05, 3.63) is 65.2 Å². The molecule has 1 fully saturated rings. The molecule has 1 saturated heterocycles. The largest absolute Gasteiger partial charge is 0.334 e. The van der Waals surface area contributed by atoms with Gasteiger partial charge in [-0.15, -0.1) is 0 Å². The number of imide groups is 1. The number of hydrogen-bond donors (Lipinski definition) is 2. The van der Waals surface area contributed by atoms with Crippen molar-refractivity contribution < 1.29 is 14.4 Å². The van der Waals surface area contributed by atoms with Gasteiger partial charge in [0.15, 0.2) is 0 Å². The molecular weight excluding hydrogens is 392 g/mol. The fourth-order valence-corrected chi connectivity index (χ4v) is 3.55. The maximum atomic E-state index is 12.8. The SMILES string of the molecule is CN(CC(=O)NC(=O)NCc1ccccc1)C1CCN(c2ccccc2Cl)C1=O. The van der Waals surface area contributed by atoms with Gasteiger partial charge in [0, 0.05) is 13.1 Å². The third-order valence-corrected chi connectivity index (χ3v) is 5.11. The van der Waals surface area contributed by atoms with Crippen molar-refractivity contribution in [2.24, 2.45) is 0 Å². The second-order valence-corrected chi connectivity index (χ2v) is 7.28. The molecule has 7 nitrogen and oxygen atoms in total. The number of anilines is 1. The number of carbonyl (C=O) groups is 3. The van der Waals surface area contributed by atoms with Crippen molar-refractivity contribution in [1.82, 2.24) is 15.5 Å². The van der Waals surface area contributed by atoms with Crippen LogP contribution in [-0.2, 0) is 16.1 Å². The lowest BCUT2D eigenvalue weighted by Crippen LogP contribution is -2.47. The van der Waals surface area contributed by atoms with Gasteiger partial charge in [-0.05, 0) is 31.2 Å². The lowest BCUT2D eigenvalue weighted by atomic mass is 10.2. The Morgan fingerprint density at radius 1 is 1.14 bits per heavy atom. The summed E-state index contributed by atoms with van der Waals surface area (Å²) in [5, 5.41) is 5.44. The van der Waals surface area contributed by atoms with Crippen molar-refractivity contribution in [1.29, 1.82) is 0 Å². The average Bonchev–Trinajstić information content (AvgIpc) is 3.09. The van der Waals surface area contributed by atoms with Gasteiger partial charge in [-0.3, -0.25) is 19.8 Å². The van der Waals surface area contributed by atoms with Crippen LogP contribution in [0.2, 0.25) is 5.02 Å². The Morgan fingerprint density at radius 3 is 2.55 bits per heavy atom. The maximum absolute atomic E-state index is 12.8. The fourth-order valence-electron chi connectivity index (χ4n) is 3.31. The van der Waals surface area contributed by atoms with E-state index in [1.165, 1.54) is 0 Å². The summed E-state index contributed by atoms with van der Waals surface area (Å²) in [4.78, 5) is 40.2. The number of rotatable bonds is 6. The minimum Gasteiger partial charge on any atom is -0.334 e. The van der Waals surface area contributed by atoms with E-state index in [2.05, 4.69) is 10.6 Å². The van der Waals surface area contributed by atoms with Gasteiger partial charge in [0.05, 0.1) is 23.3 Å². The highest BCUT2D eigenvalue weighted by Gasteiger charge is 2.36. The lowest BCUT2D eigenvalue weighted by molar-refractivity contribution is -0.124. The molecule has 0 radical (unpaired) electrons. The van der Waals surface area contributed by atoms with Crippen molar-refractivity contribution in [2.75, 3.05) is 25.0 Å². The molecule has 1 atom stereocenters. The maximum Gasteiger partial charge on any atom is 0.321 e. The molecular formula is C21H23ClN4O3. The fraction of sp³-hybridized carbons (Fsp3) is 0.286. The number of benzene rings is 2. The second kappa shape index (κ2) is 9.54. The van der Waals surface area contributed by atoms with Crippen molar-refractivity contribution in [2.45, 2.75) is 19.0 Å². The topological polar surface area (TPSA) is 81.8 Å². The number of likely N-dealkylation sites (N-methyl/N-ethyl adjacent to an activating group) is 1. The van der Waals surface area contributed by atoms with E-state index in [0.29, 0.717) is 30.2 Å². The minimum absolute atomic E-state index is 0.0640. The first kappa shape index (κ1) is 20.8. The van der Waals surface area contributed by atoms with E-state index < -0.39 is 18.0 Å². The average molecular weight is 415 g/mol. The Hall–Kier alpha value is -2.90. The Labute approximate surface area is 174 Å². The molecule has 0 spiro atoms.